The lowest BCUT2D eigenvalue weighted by atomic mass is 10.2. The van der Waals surface area contributed by atoms with E-state index in [1.54, 1.807) is 35.6 Å². The minimum absolute atomic E-state index is 0.0127. The Kier molecular flexibility index (Phi) is 5.48. The van der Waals surface area contributed by atoms with E-state index in [2.05, 4.69) is 27.4 Å². The molecule has 126 valence electrons. The van der Waals surface area contributed by atoms with Gasteiger partial charge in [0.05, 0.1) is 0 Å². The number of rotatable bonds is 7. The predicted molar refractivity (Wildman–Crippen MR) is 97.5 cm³/mol. The van der Waals surface area contributed by atoms with Gasteiger partial charge >= 0.3 is 6.03 Å². The quantitative estimate of drug-likeness (QED) is 0.711. The van der Waals surface area contributed by atoms with Gasteiger partial charge in [0, 0.05) is 28.7 Å². The summed E-state index contributed by atoms with van der Waals surface area (Å²) < 4.78 is 0. The molecule has 1 saturated carbocycles. The summed E-state index contributed by atoms with van der Waals surface area (Å²) in [7, 11) is 0. The van der Waals surface area contributed by atoms with E-state index in [9.17, 15) is 9.59 Å². The summed E-state index contributed by atoms with van der Waals surface area (Å²) in [6, 6.07) is 11.4. The van der Waals surface area contributed by atoms with Crippen LogP contribution in [0.1, 0.15) is 30.6 Å². The van der Waals surface area contributed by atoms with E-state index in [0.29, 0.717) is 18.2 Å². The van der Waals surface area contributed by atoms with Crippen molar-refractivity contribution in [2.75, 3.05) is 10.6 Å². The highest BCUT2D eigenvalue weighted by atomic mass is 32.1. The van der Waals surface area contributed by atoms with E-state index in [4.69, 9.17) is 0 Å². The largest absolute Gasteiger partial charge is 0.335 e. The molecular weight excluding hydrogens is 322 g/mol. The van der Waals surface area contributed by atoms with E-state index >= 15 is 0 Å². The first kappa shape index (κ1) is 16.5. The van der Waals surface area contributed by atoms with Crippen molar-refractivity contribution < 1.29 is 9.59 Å². The van der Waals surface area contributed by atoms with E-state index in [1.165, 1.54) is 4.88 Å². The van der Waals surface area contributed by atoms with E-state index in [0.717, 1.165) is 31.4 Å². The van der Waals surface area contributed by atoms with Gasteiger partial charge in [-0.3, -0.25) is 4.79 Å². The molecule has 1 aromatic carbocycles. The monoisotopic (exact) mass is 343 g/mol. The minimum atomic E-state index is -0.178. The highest BCUT2D eigenvalue weighted by molar-refractivity contribution is 7.09. The van der Waals surface area contributed by atoms with Gasteiger partial charge in [-0.25, -0.2) is 4.79 Å². The SMILES string of the molecule is O=C(CCCc1cccs1)Nc1ccc(NC(=O)NC2CC2)cc1. The number of carbonyl (C=O) groups excluding carboxylic acids is 2. The zero-order valence-electron chi connectivity index (χ0n) is 13.4. The normalized spacial score (nSPS) is 13.3. The van der Waals surface area contributed by atoms with Crippen LogP contribution in [0.5, 0.6) is 0 Å². The van der Waals surface area contributed by atoms with Crippen LogP contribution < -0.4 is 16.0 Å². The Hall–Kier alpha value is -2.34. The van der Waals surface area contributed by atoms with Gasteiger partial charge in [-0.05, 0) is 61.4 Å². The third-order valence-corrected chi connectivity index (χ3v) is 4.68. The molecule has 3 N–H and O–H groups in total. The third-order valence-electron chi connectivity index (χ3n) is 3.75. The lowest BCUT2D eigenvalue weighted by molar-refractivity contribution is -0.116. The maximum absolute atomic E-state index is 11.9. The first-order valence-corrected chi connectivity index (χ1v) is 9.07. The Morgan fingerprint density at radius 1 is 1.04 bits per heavy atom. The average Bonchev–Trinajstić information content (AvgIpc) is 3.21. The summed E-state index contributed by atoms with van der Waals surface area (Å²) in [6.07, 6.45) is 4.40. The van der Waals surface area contributed by atoms with Crippen molar-refractivity contribution in [3.63, 3.8) is 0 Å². The molecule has 1 heterocycles. The zero-order valence-corrected chi connectivity index (χ0v) is 14.2. The molecule has 1 fully saturated rings. The zero-order chi connectivity index (χ0) is 16.8. The number of aryl methyl sites for hydroxylation is 1. The van der Waals surface area contributed by atoms with Crippen LogP contribution in [0.15, 0.2) is 41.8 Å². The van der Waals surface area contributed by atoms with Gasteiger partial charge in [-0.15, -0.1) is 11.3 Å². The Morgan fingerprint density at radius 2 is 1.75 bits per heavy atom. The molecule has 0 atom stereocenters. The molecule has 24 heavy (non-hydrogen) atoms. The second-order valence-electron chi connectivity index (χ2n) is 5.93. The molecule has 2 aromatic rings. The lowest BCUT2D eigenvalue weighted by Gasteiger charge is -2.08. The summed E-state index contributed by atoms with van der Waals surface area (Å²) in [5.74, 6) is 0.0127. The molecular formula is C18H21N3O2S. The van der Waals surface area contributed by atoms with Crippen molar-refractivity contribution in [2.24, 2.45) is 0 Å². The van der Waals surface area contributed by atoms with E-state index in [-0.39, 0.29) is 11.9 Å². The molecule has 0 spiro atoms. The van der Waals surface area contributed by atoms with Crippen molar-refractivity contribution in [2.45, 2.75) is 38.1 Å². The van der Waals surface area contributed by atoms with Gasteiger partial charge in [-0.2, -0.15) is 0 Å². The van der Waals surface area contributed by atoms with Crippen molar-refractivity contribution in [3.05, 3.63) is 46.7 Å². The molecule has 0 aliphatic heterocycles. The number of urea groups is 1. The fourth-order valence-electron chi connectivity index (χ4n) is 2.32. The summed E-state index contributed by atoms with van der Waals surface area (Å²) >= 11 is 1.72. The van der Waals surface area contributed by atoms with Crippen LogP contribution in [0.3, 0.4) is 0 Å². The molecule has 3 amide bonds. The van der Waals surface area contributed by atoms with Crippen LogP contribution in [-0.2, 0) is 11.2 Å². The maximum Gasteiger partial charge on any atom is 0.319 e. The molecule has 1 aromatic heterocycles. The number of hydrogen-bond acceptors (Lipinski definition) is 3. The smallest absolute Gasteiger partial charge is 0.319 e. The minimum Gasteiger partial charge on any atom is -0.335 e. The average molecular weight is 343 g/mol. The molecule has 6 heteroatoms. The van der Waals surface area contributed by atoms with E-state index in [1.807, 2.05) is 6.07 Å². The number of benzene rings is 1. The Morgan fingerprint density at radius 3 is 2.38 bits per heavy atom. The summed E-state index contributed by atoms with van der Waals surface area (Å²) in [4.78, 5) is 24.9. The lowest BCUT2D eigenvalue weighted by Crippen LogP contribution is -2.30. The van der Waals surface area contributed by atoms with Crippen molar-refractivity contribution in [1.29, 1.82) is 0 Å². The standard InChI is InChI=1S/C18H21N3O2S/c22-17(5-1-3-16-4-2-12-24-16)19-13-6-8-14(9-7-13)20-18(23)21-15-10-11-15/h2,4,6-9,12,15H,1,3,5,10-11H2,(H,19,22)(H2,20,21,23). The van der Waals surface area contributed by atoms with Crippen LogP contribution in [0.2, 0.25) is 0 Å². The first-order valence-electron chi connectivity index (χ1n) is 8.19. The second-order valence-corrected chi connectivity index (χ2v) is 6.96. The van der Waals surface area contributed by atoms with Crippen molar-refractivity contribution in [1.82, 2.24) is 5.32 Å². The van der Waals surface area contributed by atoms with Crippen LogP contribution >= 0.6 is 11.3 Å². The van der Waals surface area contributed by atoms with Crippen LogP contribution in [0, 0.1) is 0 Å². The summed E-state index contributed by atoms with van der Waals surface area (Å²) in [5, 5.41) is 10.6. The molecule has 1 aliphatic rings. The molecule has 0 unspecified atom stereocenters. The van der Waals surface area contributed by atoms with Gasteiger partial charge in [-0.1, -0.05) is 6.07 Å². The van der Waals surface area contributed by atoms with Crippen LogP contribution in [0.25, 0.3) is 0 Å². The maximum atomic E-state index is 11.9. The second kappa shape index (κ2) is 7.97. The van der Waals surface area contributed by atoms with Gasteiger partial charge in [0.25, 0.3) is 0 Å². The highest BCUT2D eigenvalue weighted by Crippen LogP contribution is 2.19. The van der Waals surface area contributed by atoms with Gasteiger partial charge in [0.2, 0.25) is 5.91 Å². The van der Waals surface area contributed by atoms with Crippen LogP contribution in [-0.4, -0.2) is 18.0 Å². The number of carbonyl (C=O) groups is 2. The Balaban J connectivity index is 1.39. The topological polar surface area (TPSA) is 70.2 Å². The highest BCUT2D eigenvalue weighted by Gasteiger charge is 2.23. The molecule has 3 rings (SSSR count). The number of amides is 3. The van der Waals surface area contributed by atoms with Crippen molar-refractivity contribution >= 4 is 34.6 Å². The first-order chi connectivity index (χ1) is 11.7. The number of thiophene rings is 1. The molecule has 0 saturated heterocycles. The molecule has 5 nitrogen and oxygen atoms in total. The van der Waals surface area contributed by atoms with Crippen LogP contribution in [0.4, 0.5) is 16.2 Å². The van der Waals surface area contributed by atoms with Gasteiger partial charge in [0.15, 0.2) is 0 Å². The number of hydrogen-bond donors (Lipinski definition) is 3. The number of nitrogens with one attached hydrogen (secondary N) is 3. The van der Waals surface area contributed by atoms with Gasteiger partial charge < -0.3 is 16.0 Å². The van der Waals surface area contributed by atoms with Crippen molar-refractivity contribution in [3.8, 4) is 0 Å². The summed E-state index contributed by atoms with van der Waals surface area (Å²) in [5.41, 5.74) is 1.45. The third kappa shape index (κ3) is 5.38. The van der Waals surface area contributed by atoms with Gasteiger partial charge in [0.1, 0.15) is 0 Å². The Bertz CT molecular complexity index is 679. The fraction of sp³-hybridized carbons (Fsp3) is 0.333. The van der Waals surface area contributed by atoms with E-state index < -0.39 is 0 Å². The predicted octanol–water partition coefficient (Wildman–Crippen LogP) is 3.99. The molecule has 1 aliphatic carbocycles. The summed E-state index contributed by atoms with van der Waals surface area (Å²) in [6.45, 7) is 0. The molecule has 0 radical (unpaired) electrons. The fourth-order valence-corrected chi connectivity index (χ4v) is 3.07. The number of anilines is 2. The molecule has 0 bridgehead atoms. The Labute approximate surface area is 145 Å².